The third kappa shape index (κ3) is 4.19. The Morgan fingerprint density at radius 1 is 1.47 bits per heavy atom. The van der Waals surface area contributed by atoms with Crippen molar-refractivity contribution < 1.29 is 4.74 Å². The van der Waals surface area contributed by atoms with Crippen LogP contribution in [-0.4, -0.2) is 26.8 Å². The predicted molar refractivity (Wildman–Crippen MR) is 73.8 cm³/mol. The molecule has 1 rings (SSSR count). The minimum absolute atomic E-state index is 0.0368. The molecule has 0 saturated heterocycles. The molecule has 0 aliphatic rings. The van der Waals surface area contributed by atoms with Crippen LogP contribution in [0.3, 0.4) is 0 Å². The summed E-state index contributed by atoms with van der Waals surface area (Å²) in [4.78, 5) is 2.12. The number of nitrogens with two attached hydrogens (primary N) is 1. The maximum atomic E-state index is 6.19. The van der Waals surface area contributed by atoms with Gasteiger partial charge in [-0.25, -0.2) is 0 Å². The molecule has 0 aliphatic heterocycles. The predicted octanol–water partition coefficient (Wildman–Crippen LogP) is 2.83. The summed E-state index contributed by atoms with van der Waals surface area (Å²) < 4.78 is 5.32. The van der Waals surface area contributed by atoms with E-state index >= 15 is 0 Å². The van der Waals surface area contributed by atoms with Crippen LogP contribution in [0.15, 0.2) is 18.2 Å². The molecule has 0 amide bonds. The molecule has 96 valence electrons. The van der Waals surface area contributed by atoms with Gasteiger partial charge in [0.15, 0.2) is 0 Å². The number of halogens is 1. The minimum atomic E-state index is -0.0368. The fourth-order valence-corrected chi connectivity index (χ4v) is 1.94. The van der Waals surface area contributed by atoms with Gasteiger partial charge in [-0.1, -0.05) is 17.7 Å². The molecule has 0 aromatic heterocycles. The summed E-state index contributed by atoms with van der Waals surface area (Å²) in [6.45, 7) is 6.24. The molecular weight excluding hydrogens is 236 g/mol. The number of benzene rings is 1. The second-order valence-electron chi connectivity index (χ2n) is 4.11. The summed E-state index contributed by atoms with van der Waals surface area (Å²) in [6, 6.07) is 5.94. The van der Waals surface area contributed by atoms with E-state index in [2.05, 4.69) is 4.90 Å². The van der Waals surface area contributed by atoms with Crippen LogP contribution in [0.25, 0.3) is 0 Å². The van der Waals surface area contributed by atoms with Gasteiger partial charge >= 0.3 is 0 Å². The molecule has 0 radical (unpaired) electrons. The summed E-state index contributed by atoms with van der Waals surface area (Å²) in [6.07, 6.45) is 0. The van der Waals surface area contributed by atoms with E-state index in [9.17, 15) is 0 Å². The largest absolute Gasteiger partial charge is 0.380 e. The number of hydrogen-bond donors (Lipinski definition) is 1. The fourth-order valence-electron chi connectivity index (χ4n) is 1.60. The highest BCUT2D eigenvalue weighted by Crippen LogP contribution is 2.26. The molecule has 0 spiro atoms. The number of rotatable bonds is 6. The lowest BCUT2D eigenvalue weighted by atomic mass is 10.1. The standard InChI is InChI=1S/C13H21ClN2O/c1-4-17-8-7-16(3)11-5-6-12(10(2)15)13(14)9-11/h5-6,9-10H,4,7-8,15H2,1-3H3. The first-order valence-electron chi connectivity index (χ1n) is 5.90. The van der Waals surface area contributed by atoms with Crippen molar-refractivity contribution in [2.45, 2.75) is 19.9 Å². The van der Waals surface area contributed by atoms with Crippen molar-refractivity contribution in [2.75, 3.05) is 31.7 Å². The zero-order valence-corrected chi connectivity index (χ0v) is 11.5. The van der Waals surface area contributed by atoms with Crippen LogP contribution in [0.4, 0.5) is 5.69 Å². The van der Waals surface area contributed by atoms with Gasteiger partial charge < -0.3 is 15.4 Å². The van der Waals surface area contributed by atoms with E-state index in [1.54, 1.807) is 0 Å². The first kappa shape index (κ1) is 14.3. The first-order valence-corrected chi connectivity index (χ1v) is 6.28. The normalized spacial score (nSPS) is 12.5. The van der Waals surface area contributed by atoms with Gasteiger partial charge in [-0.15, -0.1) is 0 Å². The number of likely N-dealkylation sites (N-methyl/N-ethyl adjacent to an activating group) is 1. The number of anilines is 1. The van der Waals surface area contributed by atoms with Crippen molar-refractivity contribution in [2.24, 2.45) is 5.73 Å². The van der Waals surface area contributed by atoms with Crippen LogP contribution in [0.1, 0.15) is 25.5 Å². The van der Waals surface area contributed by atoms with E-state index < -0.39 is 0 Å². The SMILES string of the molecule is CCOCCN(C)c1ccc(C(C)N)c(Cl)c1. The molecule has 0 fully saturated rings. The van der Waals surface area contributed by atoms with E-state index in [4.69, 9.17) is 22.1 Å². The second kappa shape index (κ2) is 6.84. The number of ether oxygens (including phenoxy) is 1. The van der Waals surface area contributed by atoms with Crippen LogP contribution in [-0.2, 0) is 4.74 Å². The molecule has 2 N–H and O–H groups in total. The Balaban J connectivity index is 2.69. The van der Waals surface area contributed by atoms with Gasteiger partial charge in [0.2, 0.25) is 0 Å². The lowest BCUT2D eigenvalue weighted by Gasteiger charge is -2.20. The molecule has 3 nitrogen and oxygen atoms in total. The van der Waals surface area contributed by atoms with Gasteiger partial charge in [0.1, 0.15) is 0 Å². The molecule has 1 aromatic carbocycles. The highest BCUT2D eigenvalue weighted by Gasteiger charge is 2.08. The lowest BCUT2D eigenvalue weighted by Crippen LogP contribution is -2.22. The van der Waals surface area contributed by atoms with Crippen molar-refractivity contribution in [1.29, 1.82) is 0 Å². The van der Waals surface area contributed by atoms with E-state index in [1.807, 2.05) is 39.1 Å². The van der Waals surface area contributed by atoms with Crippen LogP contribution < -0.4 is 10.6 Å². The summed E-state index contributed by atoms with van der Waals surface area (Å²) in [5, 5.41) is 0.723. The zero-order valence-electron chi connectivity index (χ0n) is 10.7. The maximum Gasteiger partial charge on any atom is 0.0641 e. The van der Waals surface area contributed by atoms with Gasteiger partial charge in [-0.05, 0) is 31.5 Å². The fraction of sp³-hybridized carbons (Fsp3) is 0.538. The number of hydrogen-bond acceptors (Lipinski definition) is 3. The molecule has 0 heterocycles. The van der Waals surface area contributed by atoms with Crippen LogP contribution in [0.2, 0.25) is 5.02 Å². The van der Waals surface area contributed by atoms with Crippen molar-refractivity contribution in [1.82, 2.24) is 0 Å². The lowest BCUT2D eigenvalue weighted by molar-refractivity contribution is 0.154. The minimum Gasteiger partial charge on any atom is -0.380 e. The van der Waals surface area contributed by atoms with E-state index in [-0.39, 0.29) is 6.04 Å². The third-order valence-corrected chi connectivity index (χ3v) is 3.02. The van der Waals surface area contributed by atoms with Crippen molar-refractivity contribution in [3.63, 3.8) is 0 Å². The van der Waals surface area contributed by atoms with Crippen molar-refractivity contribution in [3.8, 4) is 0 Å². The Bertz CT molecular complexity index is 355. The van der Waals surface area contributed by atoms with Gasteiger partial charge in [-0.3, -0.25) is 0 Å². The summed E-state index contributed by atoms with van der Waals surface area (Å²) >= 11 is 6.19. The van der Waals surface area contributed by atoms with Gasteiger partial charge in [-0.2, -0.15) is 0 Å². The molecular formula is C13H21ClN2O. The molecule has 0 saturated carbocycles. The van der Waals surface area contributed by atoms with Gasteiger partial charge in [0.05, 0.1) is 6.61 Å². The maximum absolute atomic E-state index is 6.19. The molecule has 0 bridgehead atoms. The average Bonchev–Trinajstić information content (AvgIpc) is 2.28. The average molecular weight is 257 g/mol. The van der Waals surface area contributed by atoms with Crippen LogP contribution >= 0.6 is 11.6 Å². The Kier molecular flexibility index (Phi) is 5.75. The smallest absolute Gasteiger partial charge is 0.0641 e. The highest BCUT2D eigenvalue weighted by molar-refractivity contribution is 6.31. The molecule has 17 heavy (non-hydrogen) atoms. The number of nitrogens with zero attached hydrogens (tertiary/aromatic N) is 1. The molecule has 4 heteroatoms. The van der Waals surface area contributed by atoms with Gasteiger partial charge in [0, 0.05) is 37.0 Å². The van der Waals surface area contributed by atoms with Crippen LogP contribution in [0.5, 0.6) is 0 Å². The van der Waals surface area contributed by atoms with Crippen molar-refractivity contribution >= 4 is 17.3 Å². The molecule has 1 atom stereocenters. The van der Waals surface area contributed by atoms with E-state index in [1.165, 1.54) is 0 Å². The molecule has 1 unspecified atom stereocenters. The second-order valence-corrected chi connectivity index (χ2v) is 4.52. The Morgan fingerprint density at radius 3 is 2.71 bits per heavy atom. The Hall–Kier alpha value is -0.770. The topological polar surface area (TPSA) is 38.5 Å². The first-order chi connectivity index (χ1) is 8.06. The monoisotopic (exact) mass is 256 g/mol. The summed E-state index contributed by atoms with van der Waals surface area (Å²) in [5.41, 5.74) is 7.88. The Labute approximate surface area is 109 Å². The highest BCUT2D eigenvalue weighted by atomic mass is 35.5. The Morgan fingerprint density at radius 2 is 2.18 bits per heavy atom. The summed E-state index contributed by atoms with van der Waals surface area (Å²) in [7, 11) is 2.02. The quantitative estimate of drug-likeness (QED) is 0.796. The van der Waals surface area contributed by atoms with Gasteiger partial charge in [0.25, 0.3) is 0 Å². The molecule has 0 aliphatic carbocycles. The summed E-state index contributed by atoms with van der Waals surface area (Å²) in [5.74, 6) is 0. The van der Waals surface area contributed by atoms with Crippen LogP contribution in [0, 0.1) is 0 Å². The van der Waals surface area contributed by atoms with Crippen molar-refractivity contribution in [3.05, 3.63) is 28.8 Å². The van der Waals surface area contributed by atoms with E-state index in [0.717, 1.165) is 36.0 Å². The third-order valence-electron chi connectivity index (χ3n) is 2.69. The molecule has 1 aromatic rings. The van der Waals surface area contributed by atoms with E-state index in [0.29, 0.717) is 0 Å². The zero-order chi connectivity index (χ0) is 12.8.